The Morgan fingerprint density at radius 3 is 0.583 bits per heavy atom. The third kappa shape index (κ3) is 29.2. The van der Waals surface area contributed by atoms with Crippen molar-refractivity contribution in [3.05, 3.63) is 225 Å². The Bertz CT molecular complexity index is 5010. The van der Waals surface area contributed by atoms with Crippen LogP contribution in [0.4, 0.5) is 11.4 Å². The van der Waals surface area contributed by atoms with E-state index in [1.54, 1.807) is 24.3 Å². The van der Waals surface area contributed by atoms with Crippen LogP contribution in [0.1, 0.15) is 316 Å². The Morgan fingerprint density at radius 2 is 0.392 bits per heavy atom. The molecule has 0 unspecified atom stereocenters. The molecule has 0 bridgehead atoms. The number of anilines is 2. The molecule has 0 aliphatic rings. The second-order valence-corrected chi connectivity index (χ2v) is 32.1. The molecule has 622 valence electrons. The number of rotatable bonds is 42. The van der Waals surface area contributed by atoms with Crippen LogP contribution in [0.25, 0.3) is 43.1 Å². The topological polar surface area (TPSA) is 112 Å². The molecule has 0 atom stereocenters. The molecule has 0 saturated heterocycles. The van der Waals surface area contributed by atoms with Crippen molar-refractivity contribution in [3.63, 3.8) is 0 Å². The number of nitrogens with zero attached hydrogens (tertiary/aromatic N) is 2. The van der Waals surface area contributed by atoms with Gasteiger partial charge in [0, 0.05) is 142 Å². The second-order valence-electron chi connectivity index (χ2n) is 32.1. The lowest BCUT2D eigenvalue weighted by Crippen LogP contribution is -2.25. The van der Waals surface area contributed by atoms with Crippen LogP contribution in [0, 0.1) is 59.2 Å². The molecule has 0 N–H and O–H groups in total. The summed E-state index contributed by atoms with van der Waals surface area (Å²) in [7, 11) is 0. The Morgan fingerprint density at radius 1 is 0.217 bits per heavy atom. The highest BCUT2D eigenvalue weighted by Crippen LogP contribution is 2.39. The summed E-state index contributed by atoms with van der Waals surface area (Å²) in [6.07, 6.45) is 41.3. The molecule has 0 aromatic heterocycles. The van der Waals surface area contributed by atoms with Gasteiger partial charge < -0.3 is 28.7 Å². The molecule has 10 aromatic carbocycles. The Kier molecular flexibility index (Phi) is 37.7. The number of esters is 4. The highest BCUT2D eigenvalue weighted by Gasteiger charge is 2.20. The molecular weight excluding hydrogens is 1480 g/mol. The molecular formula is C110H124N2O8. The molecule has 10 rings (SSSR count). The fraction of sp³-hybridized carbons (Fsp3) is 0.400. The summed E-state index contributed by atoms with van der Waals surface area (Å²) in [6, 6.07) is 55.1. The van der Waals surface area contributed by atoms with Crippen LogP contribution in [-0.2, 0) is 19.2 Å². The smallest absolute Gasteiger partial charge is 0.308 e. The molecule has 10 aromatic rings. The molecule has 0 heterocycles. The van der Waals surface area contributed by atoms with Crippen molar-refractivity contribution in [1.82, 2.24) is 0 Å². The number of ether oxygens (including phenoxy) is 4. The predicted molar refractivity (Wildman–Crippen MR) is 499 cm³/mol. The molecule has 120 heavy (non-hydrogen) atoms. The Balaban J connectivity index is 0.891. The summed E-state index contributed by atoms with van der Waals surface area (Å²) in [5, 5.41) is 6.20. The van der Waals surface area contributed by atoms with Crippen LogP contribution in [0.15, 0.2) is 170 Å². The molecule has 10 nitrogen and oxygen atoms in total. The Hall–Kier alpha value is -11.5. The van der Waals surface area contributed by atoms with Crippen molar-refractivity contribution in [2.24, 2.45) is 0 Å². The largest absolute Gasteiger partial charge is 0.427 e. The maximum Gasteiger partial charge on any atom is 0.308 e. The van der Waals surface area contributed by atoms with Crippen LogP contribution in [0.5, 0.6) is 23.0 Å². The maximum absolute atomic E-state index is 12.5. The summed E-state index contributed by atoms with van der Waals surface area (Å²) in [4.78, 5) is 55.0. The molecule has 10 heteroatoms. The third-order valence-electron chi connectivity index (χ3n) is 22.2. The first kappa shape index (κ1) is 90.8. The quantitative estimate of drug-likeness (QED) is 0.0121. The fourth-order valence-electron chi connectivity index (χ4n) is 15.8. The van der Waals surface area contributed by atoms with Crippen LogP contribution in [0.3, 0.4) is 0 Å². The minimum absolute atomic E-state index is 0.379. The van der Waals surface area contributed by atoms with E-state index >= 15 is 0 Å². The number of hydrogen-bond acceptors (Lipinski definition) is 10. The van der Waals surface area contributed by atoms with Gasteiger partial charge in [0.2, 0.25) is 0 Å². The number of unbranched alkanes of at least 4 members (excludes halogenated alkanes) is 28. The fourth-order valence-corrected chi connectivity index (χ4v) is 15.8. The van der Waals surface area contributed by atoms with Gasteiger partial charge in [0.15, 0.2) is 0 Å². The first-order valence-electron chi connectivity index (χ1n) is 45.0. The van der Waals surface area contributed by atoms with Gasteiger partial charge in [-0.15, -0.1) is 0 Å². The second kappa shape index (κ2) is 49.8. The summed E-state index contributed by atoms with van der Waals surface area (Å²) in [5.41, 5.74) is 10.1. The molecule has 0 amide bonds. The van der Waals surface area contributed by atoms with E-state index in [2.05, 4.69) is 145 Å². The van der Waals surface area contributed by atoms with Crippen LogP contribution < -0.4 is 28.7 Å². The van der Waals surface area contributed by atoms with E-state index in [1.807, 2.05) is 97.1 Å². The normalized spacial score (nSPS) is 10.8. The van der Waals surface area contributed by atoms with E-state index in [-0.39, 0.29) is 0 Å². The number of fused-ring (bicyclic) bond motifs is 4. The summed E-state index contributed by atoms with van der Waals surface area (Å²) in [6.45, 7) is 18.8. The summed E-state index contributed by atoms with van der Waals surface area (Å²) >= 11 is 0. The van der Waals surface area contributed by atoms with Crippen molar-refractivity contribution >= 4 is 78.3 Å². The molecule has 0 aliphatic heterocycles. The van der Waals surface area contributed by atoms with E-state index in [4.69, 9.17) is 18.9 Å². The minimum Gasteiger partial charge on any atom is -0.427 e. The van der Waals surface area contributed by atoms with E-state index < -0.39 is 23.9 Å². The van der Waals surface area contributed by atoms with Gasteiger partial charge in [-0.3, -0.25) is 19.2 Å². The average Bonchev–Trinajstić information content (AvgIpc) is 0.750. The standard InChI is InChI=1S/C110H124N2O8/c1-9-13-17-21-25-29-33-37-75-111(76-38-34-30-26-22-18-14-10-2)93-59-51-91(52-60-93)57-69-101-105-73-65-95(117-83(5)113)79-107(105)99(103-71-63-97(81-109(101)103)119-85(7)115)67-55-89-47-43-87(44-48-89)41-42-88-45-49-90(50-46-88)56-68-100-104-72-64-98(120-86(8)116)82-110(104)102(106-74-66-96(80-108(100)106)118-84(6)114)70-58-92-53-61-94(62-54-92)112(77-39-35-31-27-23-19-15-11-3)78-40-36-32-28-24-20-16-12-4/h43-54,59-66,71-74,79-82H,9-40,75-78H2,1-8H3. The van der Waals surface area contributed by atoms with Crippen LogP contribution in [-0.4, -0.2) is 50.1 Å². The lowest BCUT2D eigenvalue weighted by atomic mass is 9.91. The third-order valence-corrected chi connectivity index (χ3v) is 22.2. The zero-order valence-electron chi connectivity index (χ0n) is 72.8. The van der Waals surface area contributed by atoms with E-state index in [0.29, 0.717) is 34.1 Å². The first-order chi connectivity index (χ1) is 58.7. The lowest BCUT2D eigenvalue weighted by molar-refractivity contribution is -0.132. The van der Waals surface area contributed by atoms with Gasteiger partial charge in [-0.1, -0.05) is 267 Å². The lowest BCUT2D eigenvalue weighted by Gasteiger charge is -2.25. The summed E-state index contributed by atoms with van der Waals surface area (Å²) < 4.78 is 22.8. The maximum atomic E-state index is 12.5. The highest BCUT2D eigenvalue weighted by atomic mass is 16.5. The van der Waals surface area contributed by atoms with Gasteiger partial charge in [0.05, 0.1) is 0 Å². The Labute approximate surface area is 716 Å². The number of carbonyl (C=O) groups excluding carboxylic acids is 4. The molecule has 0 saturated carbocycles. The first-order valence-corrected chi connectivity index (χ1v) is 45.0. The van der Waals surface area contributed by atoms with Gasteiger partial charge >= 0.3 is 23.9 Å². The van der Waals surface area contributed by atoms with Crippen molar-refractivity contribution in [1.29, 1.82) is 0 Å². The predicted octanol–water partition coefficient (Wildman–Crippen LogP) is 27.2. The van der Waals surface area contributed by atoms with E-state index in [1.165, 1.54) is 245 Å². The van der Waals surface area contributed by atoms with Gasteiger partial charge in [-0.05, 0) is 217 Å². The molecule has 0 radical (unpaired) electrons. The van der Waals surface area contributed by atoms with Gasteiger partial charge in [0.25, 0.3) is 0 Å². The van der Waals surface area contributed by atoms with Gasteiger partial charge in [0.1, 0.15) is 23.0 Å². The number of benzene rings is 10. The molecule has 0 spiro atoms. The van der Waals surface area contributed by atoms with Crippen molar-refractivity contribution in [2.75, 3.05) is 36.0 Å². The van der Waals surface area contributed by atoms with E-state index in [0.717, 1.165) is 114 Å². The average molecular weight is 1600 g/mol. The highest BCUT2D eigenvalue weighted by molar-refractivity contribution is 6.12. The molecule has 0 fully saturated rings. The zero-order chi connectivity index (χ0) is 84.5. The van der Waals surface area contributed by atoms with Crippen molar-refractivity contribution in [3.8, 4) is 82.2 Å². The van der Waals surface area contributed by atoms with Gasteiger partial charge in [-0.25, -0.2) is 0 Å². The summed E-state index contributed by atoms with van der Waals surface area (Å²) in [5.74, 6) is 34.4. The minimum atomic E-state index is -0.440. The van der Waals surface area contributed by atoms with Gasteiger partial charge in [-0.2, -0.15) is 0 Å². The van der Waals surface area contributed by atoms with E-state index in [9.17, 15) is 19.2 Å². The van der Waals surface area contributed by atoms with Crippen LogP contribution in [0.2, 0.25) is 0 Å². The SMILES string of the molecule is CCCCCCCCCCN(CCCCCCCCCC)c1ccc(C#Cc2c3ccc(OC(C)=O)cc3c(C#Cc3ccc(C#Cc4ccc(C#Cc5c6ccc(OC(C)=O)cc6c(C#Cc6ccc(N(CCCCCCCCCC)CCCCCCCCCC)cc6)c6ccc(OC(C)=O)cc56)cc4)cc3)c3ccc(OC(C)=O)cc23)cc1. The van der Waals surface area contributed by atoms with Crippen molar-refractivity contribution < 1.29 is 38.1 Å². The zero-order valence-corrected chi connectivity index (χ0v) is 72.8. The van der Waals surface area contributed by atoms with Crippen LogP contribution >= 0.6 is 0 Å². The molecule has 0 aliphatic carbocycles. The van der Waals surface area contributed by atoms with Crippen molar-refractivity contribution in [2.45, 2.75) is 261 Å². The number of carbonyl (C=O) groups is 4. The monoisotopic (exact) mass is 1600 g/mol. The number of hydrogen-bond donors (Lipinski definition) is 0.